The number of nitrogen functional groups attached to an aromatic ring is 1. The number of esters is 1. The van der Waals surface area contributed by atoms with Crippen LogP contribution in [-0.4, -0.2) is 22.6 Å². The molecule has 19 heavy (non-hydrogen) atoms. The molecule has 1 aromatic heterocycles. The number of aromatic nitrogens is 2. The highest BCUT2D eigenvalue weighted by molar-refractivity contribution is 6.35. The molecule has 0 atom stereocenters. The summed E-state index contributed by atoms with van der Waals surface area (Å²) >= 11 is 11.4. The van der Waals surface area contributed by atoms with Crippen molar-refractivity contribution in [3.05, 3.63) is 40.0 Å². The molecule has 0 unspecified atom stereocenters. The van der Waals surface area contributed by atoms with Crippen molar-refractivity contribution in [2.24, 2.45) is 0 Å². The first-order chi connectivity index (χ1) is 8.95. The molecule has 2 aromatic rings. The fourth-order valence-corrected chi connectivity index (χ4v) is 1.97. The maximum absolute atomic E-state index is 13.3. The second-order valence-corrected chi connectivity index (χ2v) is 4.38. The fourth-order valence-electron chi connectivity index (χ4n) is 1.50. The molecule has 0 fully saturated rings. The van der Waals surface area contributed by atoms with E-state index in [0.29, 0.717) is 5.69 Å². The van der Waals surface area contributed by atoms with Crippen LogP contribution in [0.4, 0.5) is 10.2 Å². The zero-order valence-corrected chi connectivity index (χ0v) is 11.2. The molecule has 8 heteroatoms. The van der Waals surface area contributed by atoms with Gasteiger partial charge in [0, 0.05) is 0 Å². The van der Waals surface area contributed by atoms with Gasteiger partial charge in [0.1, 0.15) is 12.1 Å². The van der Waals surface area contributed by atoms with Crippen molar-refractivity contribution < 1.29 is 13.9 Å². The third kappa shape index (κ3) is 2.36. The third-order valence-electron chi connectivity index (χ3n) is 2.43. The van der Waals surface area contributed by atoms with E-state index in [4.69, 9.17) is 28.9 Å². The topological polar surface area (TPSA) is 70.1 Å². The normalized spacial score (nSPS) is 10.5. The summed E-state index contributed by atoms with van der Waals surface area (Å²) in [6.07, 6.45) is 1.29. The minimum atomic E-state index is -0.723. The third-order valence-corrected chi connectivity index (χ3v) is 2.98. The van der Waals surface area contributed by atoms with Gasteiger partial charge < -0.3 is 10.5 Å². The number of carbonyl (C=O) groups excluding carboxylic acids is 1. The number of hydrogen-bond donors (Lipinski definition) is 1. The second kappa shape index (κ2) is 5.07. The summed E-state index contributed by atoms with van der Waals surface area (Å²) in [4.78, 5) is 15.2. The van der Waals surface area contributed by atoms with Crippen LogP contribution >= 0.6 is 23.2 Å². The molecule has 2 N–H and O–H groups in total. The SMILES string of the molecule is COC(=O)c1ncn(-c2cc(Cl)c(F)c(Cl)c2)c1N. The van der Waals surface area contributed by atoms with Gasteiger partial charge in [-0.3, -0.25) is 4.57 Å². The highest BCUT2D eigenvalue weighted by Crippen LogP contribution is 2.28. The Balaban J connectivity index is 2.54. The molecule has 0 bridgehead atoms. The lowest BCUT2D eigenvalue weighted by atomic mass is 10.3. The maximum atomic E-state index is 13.3. The van der Waals surface area contributed by atoms with Gasteiger partial charge in [0.15, 0.2) is 11.5 Å². The number of rotatable bonds is 2. The molecule has 0 aliphatic carbocycles. The van der Waals surface area contributed by atoms with Crippen LogP contribution in [0.3, 0.4) is 0 Å². The van der Waals surface area contributed by atoms with Crippen molar-refractivity contribution >= 4 is 35.0 Å². The molecule has 0 aliphatic heterocycles. The lowest BCUT2D eigenvalue weighted by molar-refractivity contribution is 0.0596. The molecular formula is C11H8Cl2FN3O2. The van der Waals surface area contributed by atoms with E-state index in [9.17, 15) is 9.18 Å². The van der Waals surface area contributed by atoms with Gasteiger partial charge in [-0.15, -0.1) is 0 Å². The van der Waals surface area contributed by atoms with Crippen LogP contribution < -0.4 is 5.73 Å². The van der Waals surface area contributed by atoms with E-state index < -0.39 is 11.8 Å². The number of hydrogen-bond acceptors (Lipinski definition) is 4. The number of imidazole rings is 1. The minimum absolute atomic E-state index is 0.0425. The molecule has 100 valence electrons. The van der Waals surface area contributed by atoms with Crippen molar-refractivity contribution in [2.45, 2.75) is 0 Å². The highest BCUT2D eigenvalue weighted by atomic mass is 35.5. The maximum Gasteiger partial charge on any atom is 0.360 e. The number of carbonyl (C=O) groups is 1. The van der Waals surface area contributed by atoms with Crippen LogP contribution in [-0.2, 0) is 4.74 Å². The van der Waals surface area contributed by atoms with Crippen LogP contribution in [0.25, 0.3) is 5.69 Å². The molecule has 1 heterocycles. The summed E-state index contributed by atoms with van der Waals surface area (Å²) in [5, 5.41) is -0.314. The summed E-state index contributed by atoms with van der Waals surface area (Å²) in [7, 11) is 1.21. The largest absolute Gasteiger partial charge is 0.464 e. The van der Waals surface area contributed by atoms with E-state index in [1.165, 1.54) is 30.1 Å². The van der Waals surface area contributed by atoms with E-state index in [1.807, 2.05) is 0 Å². The monoisotopic (exact) mass is 303 g/mol. The molecule has 0 spiro atoms. The van der Waals surface area contributed by atoms with Gasteiger partial charge in [-0.05, 0) is 12.1 Å². The zero-order chi connectivity index (χ0) is 14.2. The Morgan fingerprint density at radius 2 is 2.00 bits per heavy atom. The van der Waals surface area contributed by atoms with Crippen molar-refractivity contribution in [3.63, 3.8) is 0 Å². The molecule has 0 saturated carbocycles. The molecule has 0 saturated heterocycles. The Labute approximate surface area is 117 Å². The van der Waals surface area contributed by atoms with Crippen molar-refractivity contribution in [3.8, 4) is 5.69 Å². The summed E-state index contributed by atoms with van der Waals surface area (Å²) in [5.74, 6) is -1.35. The van der Waals surface area contributed by atoms with E-state index in [1.54, 1.807) is 0 Å². The first-order valence-electron chi connectivity index (χ1n) is 5.01. The molecule has 0 radical (unpaired) electrons. The average Bonchev–Trinajstić information content (AvgIpc) is 2.76. The Morgan fingerprint density at radius 1 is 1.42 bits per heavy atom. The molecular weight excluding hydrogens is 296 g/mol. The van der Waals surface area contributed by atoms with Gasteiger partial charge in [0.2, 0.25) is 0 Å². The number of halogens is 3. The summed E-state index contributed by atoms with van der Waals surface area (Å²) in [6.45, 7) is 0. The Bertz CT molecular complexity index is 634. The Morgan fingerprint density at radius 3 is 2.53 bits per heavy atom. The predicted molar refractivity (Wildman–Crippen MR) is 69.3 cm³/mol. The second-order valence-electron chi connectivity index (χ2n) is 3.56. The Hall–Kier alpha value is -1.79. The van der Waals surface area contributed by atoms with Crippen molar-refractivity contribution in [1.29, 1.82) is 0 Å². The van der Waals surface area contributed by atoms with Gasteiger partial charge >= 0.3 is 5.97 Å². The van der Waals surface area contributed by atoms with Crippen LogP contribution in [0.15, 0.2) is 18.5 Å². The number of anilines is 1. The van der Waals surface area contributed by atoms with Crippen LogP contribution in [0.2, 0.25) is 10.0 Å². The number of benzene rings is 1. The number of nitrogens with zero attached hydrogens (tertiary/aromatic N) is 2. The molecule has 0 aliphatic rings. The fraction of sp³-hybridized carbons (Fsp3) is 0.0909. The van der Waals surface area contributed by atoms with Gasteiger partial charge in [-0.25, -0.2) is 14.2 Å². The number of ether oxygens (including phenoxy) is 1. The minimum Gasteiger partial charge on any atom is -0.464 e. The molecule has 5 nitrogen and oxygen atoms in total. The summed E-state index contributed by atoms with van der Waals surface area (Å²) in [6, 6.07) is 2.64. The van der Waals surface area contributed by atoms with E-state index in [0.717, 1.165) is 0 Å². The van der Waals surface area contributed by atoms with Gasteiger partial charge in [0.05, 0.1) is 22.8 Å². The Kier molecular flexibility index (Phi) is 3.64. The highest BCUT2D eigenvalue weighted by Gasteiger charge is 2.18. The predicted octanol–water partition coefficient (Wildman–Crippen LogP) is 2.69. The van der Waals surface area contributed by atoms with E-state index >= 15 is 0 Å². The quantitative estimate of drug-likeness (QED) is 0.684. The summed E-state index contributed by atoms with van der Waals surface area (Å²) in [5.41, 5.74) is 6.11. The first kappa shape index (κ1) is 13.6. The van der Waals surface area contributed by atoms with Gasteiger partial charge in [0.25, 0.3) is 0 Å². The van der Waals surface area contributed by atoms with E-state index in [-0.39, 0.29) is 21.6 Å². The smallest absolute Gasteiger partial charge is 0.360 e. The lowest BCUT2D eigenvalue weighted by Crippen LogP contribution is -2.07. The number of nitrogens with two attached hydrogens (primary N) is 1. The van der Waals surface area contributed by atoms with Gasteiger partial charge in [-0.1, -0.05) is 23.2 Å². The average molecular weight is 304 g/mol. The standard InChI is InChI=1S/C11H8Cl2FN3O2/c1-19-11(18)9-10(15)17(4-16-9)5-2-6(12)8(14)7(13)3-5/h2-4H,15H2,1H3. The van der Waals surface area contributed by atoms with Gasteiger partial charge in [-0.2, -0.15) is 0 Å². The van der Waals surface area contributed by atoms with Crippen molar-refractivity contribution in [1.82, 2.24) is 9.55 Å². The van der Waals surface area contributed by atoms with Crippen LogP contribution in [0.1, 0.15) is 10.5 Å². The number of methoxy groups -OCH3 is 1. The molecule has 1 aromatic carbocycles. The van der Waals surface area contributed by atoms with Crippen molar-refractivity contribution in [2.75, 3.05) is 12.8 Å². The van der Waals surface area contributed by atoms with Crippen LogP contribution in [0, 0.1) is 5.82 Å². The molecule has 0 amide bonds. The lowest BCUT2D eigenvalue weighted by Gasteiger charge is -2.07. The molecule has 2 rings (SSSR count). The first-order valence-corrected chi connectivity index (χ1v) is 5.77. The van der Waals surface area contributed by atoms with Crippen LogP contribution in [0.5, 0.6) is 0 Å². The summed E-state index contributed by atoms with van der Waals surface area (Å²) < 4.78 is 19.2. The van der Waals surface area contributed by atoms with E-state index in [2.05, 4.69) is 9.72 Å². The zero-order valence-electron chi connectivity index (χ0n) is 9.65.